The number of halogens is 1. The Balaban J connectivity index is 1.89. The molecule has 2 rings (SSSR count). The first-order valence-corrected chi connectivity index (χ1v) is 9.75. The van der Waals surface area contributed by atoms with Crippen molar-refractivity contribution in [1.29, 1.82) is 0 Å². The van der Waals surface area contributed by atoms with Crippen molar-refractivity contribution >= 4 is 29.4 Å². The molecule has 0 bridgehead atoms. The molecule has 27 heavy (non-hydrogen) atoms. The van der Waals surface area contributed by atoms with Crippen LogP contribution in [0, 0.1) is 5.92 Å². The first kappa shape index (κ1) is 21.2. The molecular formula is C20H27ClN2O4. The largest absolute Gasteiger partial charge is 0.454 e. The topological polar surface area (TPSA) is 84.5 Å². The number of ether oxygens (including phenoxy) is 1. The van der Waals surface area contributed by atoms with Crippen molar-refractivity contribution in [3.63, 3.8) is 0 Å². The average molecular weight is 395 g/mol. The van der Waals surface area contributed by atoms with Gasteiger partial charge in [0.2, 0.25) is 0 Å². The molecule has 0 saturated heterocycles. The van der Waals surface area contributed by atoms with Crippen LogP contribution >= 0.6 is 11.6 Å². The molecule has 6 nitrogen and oxygen atoms in total. The van der Waals surface area contributed by atoms with Crippen LogP contribution in [0.3, 0.4) is 0 Å². The van der Waals surface area contributed by atoms with Crippen molar-refractivity contribution in [3.8, 4) is 0 Å². The van der Waals surface area contributed by atoms with Gasteiger partial charge in [0.1, 0.15) is 6.04 Å². The second-order valence-corrected chi connectivity index (χ2v) is 7.76. The normalized spacial score (nSPS) is 15.4. The van der Waals surface area contributed by atoms with Gasteiger partial charge in [-0.05, 0) is 49.4 Å². The van der Waals surface area contributed by atoms with E-state index in [1.165, 1.54) is 0 Å². The van der Waals surface area contributed by atoms with Crippen LogP contribution in [0.15, 0.2) is 24.3 Å². The standard InChI is InChI=1S/C20H27ClN2O4/c1-13(2)11-17(23-19(25)14-7-9-15(21)10-8-14)20(26)27-12-18(24)22-16-5-3-4-6-16/h7-10,13,16-17H,3-6,11-12H2,1-2H3,(H,22,24)(H,23,25)/t17-/m0/s1. The number of hydrogen-bond acceptors (Lipinski definition) is 4. The highest BCUT2D eigenvalue weighted by Crippen LogP contribution is 2.17. The maximum absolute atomic E-state index is 12.4. The SMILES string of the molecule is CC(C)C[C@H](NC(=O)c1ccc(Cl)cc1)C(=O)OCC(=O)NC1CCCC1. The smallest absolute Gasteiger partial charge is 0.329 e. The zero-order valence-corrected chi connectivity index (χ0v) is 16.6. The van der Waals surface area contributed by atoms with E-state index in [0.717, 1.165) is 25.7 Å². The Hall–Kier alpha value is -2.08. The van der Waals surface area contributed by atoms with Crippen molar-refractivity contribution in [2.75, 3.05) is 6.61 Å². The number of hydrogen-bond donors (Lipinski definition) is 2. The van der Waals surface area contributed by atoms with E-state index in [1.807, 2.05) is 13.8 Å². The quantitative estimate of drug-likeness (QED) is 0.663. The molecule has 0 unspecified atom stereocenters. The summed E-state index contributed by atoms with van der Waals surface area (Å²) in [5.74, 6) is -1.12. The highest BCUT2D eigenvalue weighted by Gasteiger charge is 2.25. The van der Waals surface area contributed by atoms with E-state index in [4.69, 9.17) is 16.3 Å². The van der Waals surface area contributed by atoms with Gasteiger partial charge in [-0.1, -0.05) is 38.3 Å². The fraction of sp³-hybridized carbons (Fsp3) is 0.550. The predicted molar refractivity (Wildman–Crippen MR) is 104 cm³/mol. The van der Waals surface area contributed by atoms with Gasteiger partial charge in [-0.25, -0.2) is 4.79 Å². The lowest BCUT2D eigenvalue weighted by Gasteiger charge is -2.20. The molecule has 0 aromatic heterocycles. The summed E-state index contributed by atoms with van der Waals surface area (Å²) >= 11 is 5.83. The molecule has 0 heterocycles. The van der Waals surface area contributed by atoms with E-state index in [9.17, 15) is 14.4 Å². The molecule has 0 aliphatic heterocycles. The van der Waals surface area contributed by atoms with Gasteiger partial charge in [0.25, 0.3) is 11.8 Å². The minimum Gasteiger partial charge on any atom is -0.454 e. The van der Waals surface area contributed by atoms with Crippen molar-refractivity contribution in [2.45, 2.75) is 58.0 Å². The van der Waals surface area contributed by atoms with Gasteiger partial charge in [-0.3, -0.25) is 9.59 Å². The van der Waals surface area contributed by atoms with Crippen LogP contribution in [0.4, 0.5) is 0 Å². The van der Waals surface area contributed by atoms with E-state index >= 15 is 0 Å². The van der Waals surface area contributed by atoms with Crippen molar-refractivity contribution in [1.82, 2.24) is 10.6 Å². The third-order valence-electron chi connectivity index (χ3n) is 4.47. The summed E-state index contributed by atoms with van der Waals surface area (Å²) in [6, 6.07) is 5.76. The van der Waals surface area contributed by atoms with Crippen LogP contribution in [0.2, 0.25) is 5.02 Å². The highest BCUT2D eigenvalue weighted by atomic mass is 35.5. The number of benzene rings is 1. The fourth-order valence-corrected chi connectivity index (χ4v) is 3.23. The lowest BCUT2D eigenvalue weighted by atomic mass is 10.0. The van der Waals surface area contributed by atoms with E-state index in [1.54, 1.807) is 24.3 Å². The fourth-order valence-electron chi connectivity index (χ4n) is 3.11. The first-order valence-electron chi connectivity index (χ1n) is 9.37. The van der Waals surface area contributed by atoms with Crippen LogP contribution in [0.5, 0.6) is 0 Å². The number of amides is 2. The summed E-state index contributed by atoms with van der Waals surface area (Å²) in [7, 11) is 0. The zero-order chi connectivity index (χ0) is 19.8. The summed E-state index contributed by atoms with van der Waals surface area (Å²) < 4.78 is 5.15. The van der Waals surface area contributed by atoms with Gasteiger partial charge in [0.15, 0.2) is 6.61 Å². The summed E-state index contributed by atoms with van der Waals surface area (Å²) in [6.45, 7) is 3.56. The monoisotopic (exact) mass is 394 g/mol. The minimum atomic E-state index is -0.813. The van der Waals surface area contributed by atoms with Gasteiger partial charge in [0, 0.05) is 16.6 Å². The second-order valence-electron chi connectivity index (χ2n) is 7.32. The lowest BCUT2D eigenvalue weighted by molar-refractivity contribution is -0.150. The molecule has 1 saturated carbocycles. The van der Waals surface area contributed by atoms with E-state index in [-0.39, 0.29) is 30.4 Å². The number of rotatable bonds is 8. The third kappa shape index (κ3) is 7.21. The molecule has 2 amide bonds. The van der Waals surface area contributed by atoms with Crippen LogP contribution in [0.1, 0.15) is 56.3 Å². The second kappa shape index (κ2) is 10.3. The summed E-state index contributed by atoms with van der Waals surface area (Å²) in [4.78, 5) is 36.7. The van der Waals surface area contributed by atoms with E-state index in [0.29, 0.717) is 17.0 Å². The van der Waals surface area contributed by atoms with E-state index in [2.05, 4.69) is 10.6 Å². The van der Waals surface area contributed by atoms with Gasteiger partial charge < -0.3 is 15.4 Å². The maximum Gasteiger partial charge on any atom is 0.329 e. The van der Waals surface area contributed by atoms with Gasteiger partial charge >= 0.3 is 5.97 Å². The summed E-state index contributed by atoms with van der Waals surface area (Å²) in [5, 5.41) is 6.09. The van der Waals surface area contributed by atoms with Crippen molar-refractivity contribution < 1.29 is 19.1 Å². The molecule has 1 fully saturated rings. The zero-order valence-electron chi connectivity index (χ0n) is 15.8. The Morgan fingerprint density at radius 3 is 2.37 bits per heavy atom. The predicted octanol–water partition coefficient (Wildman–Crippen LogP) is 3.09. The summed E-state index contributed by atoms with van der Waals surface area (Å²) in [6.07, 6.45) is 4.57. The Morgan fingerprint density at radius 1 is 1.15 bits per heavy atom. The molecule has 0 spiro atoms. The first-order chi connectivity index (χ1) is 12.8. The molecule has 1 aliphatic carbocycles. The molecule has 0 radical (unpaired) electrons. The molecule has 148 valence electrons. The number of nitrogens with one attached hydrogen (secondary N) is 2. The number of esters is 1. The van der Waals surface area contributed by atoms with Crippen LogP contribution in [-0.4, -0.2) is 36.5 Å². The Bertz CT molecular complexity index is 654. The average Bonchev–Trinajstić information content (AvgIpc) is 3.12. The van der Waals surface area contributed by atoms with Crippen LogP contribution in [-0.2, 0) is 14.3 Å². The van der Waals surface area contributed by atoms with Crippen molar-refractivity contribution in [3.05, 3.63) is 34.9 Å². The molecule has 1 aliphatic rings. The van der Waals surface area contributed by atoms with E-state index < -0.39 is 12.0 Å². The highest BCUT2D eigenvalue weighted by molar-refractivity contribution is 6.30. The lowest BCUT2D eigenvalue weighted by Crippen LogP contribution is -2.44. The Kier molecular flexibility index (Phi) is 8.10. The maximum atomic E-state index is 12.4. The van der Waals surface area contributed by atoms with Crippen LogP contribution in [0.25, 0.3) is 0 Å². The Morgan fingerprint density at radius 2 is 1.78 bits per heavy atom. The molecule has 1 aromatic carbocycles. The molecule has 1 aromatic rings. The molecule has 7 heteroatoms. The van der Waals surface area contributed by atoms with Gasteiger partial charge in [-0.2, -0.15) is 0 Å². The molecular weight excluding hydrogens is 368 g/mol. The number of carbonyl (C=O) groups excluding carboxylic acids is 3. The number of carbonyl (C=O) groups is 3. The summed E-state index contributed by atoms with van der Waals surface area (Å²) in [5.41, 5.74) is 0.403. The van der Waals surface area contributed by atoms with Crippen molar-refractivity contribution in [2.24, 2.45) is 5.92 Å². The molecule has 1 atom stereocenters. The van der Waals surface area contributed by atoms with Gasteiger partial charge in [-0.15, -0.1) is 0 Å². The molecule has 2 N–H and O–H groups in total. The minimum absolute atomic E-state index is 0.167. The Labute approximate surface area is 165 Å². The van der Waals surface area contributed by atoms with Crippen LogP contribution < -0.4 is 10.6 Å². The third-order valence-corrected chi connectivity index (χ3v) is 4.72. The van der Waals surface area contributed by atoms with Gasteiger partial charge in [0.05, 0.1) is 0 Å².